The largest absolute Gasteiger partial charge is 0.348 e. The number of hydrogen-bond acceptors (Lipinski definition) is 5. The topological polar surface area (TPSA) is 39.7 Å². The standard InChI is InChI=1S/C21H28N4OS/c1-23(2)20(26)14-24-10-16-8-9-19(13-24)25(11-16)12-18-15-27-21(22-18)17-6-4-3-5-7-17/h3-7,15-16,19H,8-14H2,1-2H3/t16-,19+/m1/s1. The van der Waals surface area contributed by atoms with Crippen LogP contribution in [0.5, 0.6) is 0 Å². The van der Waals surface area contributed by atoms with Gasteiger partial charge in [-0.05, 0) is 18.8 Å². The Kier molecular flexibility index (Phi) is 5.57. The van der Waals surface area contributed by atoms with E-state index in [0.717, 1.165) is 31.2 Å². The average molecular weight is 385 g/mol. The molecule has 1 aromatic carbocycles. The smallest absolute Gasteiger partial charge is 0.236 e. The molecule has 1 amide bonds. The molecular formula is C21H28N4OS. The quantitative estimate of drug-likeness (QED) is 0.795. The molecule has 2 aromatic rings. The van der Waals surface area contributed by atoms with Gasteiger partial charge in [0.2, 0.25) is 5.91 Å². The molecule has 0 unspecified atom stereocenters. The van der Waals surface area contributed by atoms with Crippen LogP contribution in [0.25, 0.3) is 10.6 Å². The summed E-state index contributed by atoms with van der Waals surface area (Å²) in [7, 11) is 3.68. The molecular weight excluding hydrogens is 356 g/mol. The Morgan fingerprint density at radius 1 is 1.19 bits per heavy atom. The van der Waals surface area contributed by atoms with Gasteiger partial charge in [0.1, 0.15) is 5.01 Å². The van der Waals surface area contributed by atoms with Gasteiger partial charge in [-0.2, -0.15) is 0 Å². The lowest BCUT2D eigenvalue weighted by Gasteiger charge is -2.35. The monoisotopic (exact) mass is 384 g/mol. The van der Waals surface area contributed by atoms with E-state index in [0.29, 0.717) is 18.5 Å². The molecule has 5 nitrogen and oxygen atoms in total. The maximum Gasteiger partial charge on any atom is 0.236 e. The Hall–Kier alpha value is -1.76. The van der Waals surface area contributed by atoms with Crippen molar-refractivity contribution >= 4 is 17.2 Å². The van der Waals surface area contributed by atoms with E-state index >= 15 is 0 Å². The van der Waals surface area contributed by atoms with Crippen LogP contribution in [0.1, 0.15) is 18.5 Å². The van der Waals surface area contributed by atoms with Gasteiger partial charge in [0.05, 0.1) is 12.2 Å². The van der Waals surface area contributed by atoms with Gasteiger partial charge >= 0.3 is 0 Å². The molecule has 2 bridgehead atoms. The molecule has 0 radical (unpaired) electrons. The fourth-order valence-electron chi connectivity index (χ4n) is 4.23. The molecule has 0 spiro atoms. The highest BCUT2D eigenvalue weighted by Crippen LogP contribution is 2.30. The van der Waals surface area contributed by atoms with E-state index in [1.807, 2.05) is 20.2 Å². The number of carbonyl (C=O) groups excluding carboxylic acids is 1. The van der Waals surface area contributed by atoms with Gasteiger partial charge in [-0.15, -0.1) is 11.3 Å². The van der Waals surface area contributed by atoms with Crippen molar-refractivity contribution in [1.29, 1.82) is 0 Å². The van der Waals surface area contributed by atoms with Crippen LogP contribution >= 0.6 is 11.3 Å². The van der Waals surface area contributed by atoms with Gasteiger partial charge in [-0.1, -0.05) is 30.3 Å². The third-order valence-corrected chi connectivity index (χ3v) is 6.64. The third kappa shape index (κ3) is 4.39. The van der Waals surface area contributed by atoms with Gasteiger partial charge in [-0.3, -0.25) is 14.6 Å². The summed E-state index contributed by atoms with van der Waals surface area (Å²) in [5.74, 6) is 0.862. The van der Waals surface area contributed by atoms with Gasteiger partial charge in [0.15, 0.2) is 0 Å². The number of benzene rings is 1. The molecule has 5 rings (SSSR count). The van der Waals surface area contributed by atoms with Crippen LogP contribution in [0.2, 0.25) is 0 Å². The van der Waals surface area contributed by atoms with Crippen LogP contribution in [-0.4, -0.2) is 71.9 Å². The van der Waals surface area contributed by atoms with Crippen molar-refractivity contribution in [1.82, 2.24) is 19.7 Å². The molecule has 3 aliphatic rings. The van der Waals surface area contributed by atoms with E-state index < -0.39 is 0 Å². The first-order valence-corrected chi connectivity index (χ1v) is 10.6. The molecule has 2 atom stereocenters. The highest BCUT2D eigenvalue weighted by atomic mass is 32.1. The number of amides is 1. The molecule has 6 heteroatoms. The minimum absolute atomic E-state index is 0.204. The summed E-state index contributed by atoms with van der Waals surface area (Å²) < 4.78 is 0. The van der Waals surface area contributed by atoms with E-state index in [1.165, 1.54) is 24.1 Å². The Morgan fingerprint density at radius 3 is 2.78 bits per heavy atom. The summed E-state index contributed by atoms with van der Waals surface area (Å²) in [5.41, 5.74) is 2.36. The van der Waals surface area contributed by atoms with Crippen molar-refractivity contribution in [3.8, 4) is 10.6 Å². The highest BCUT2D eigenvalue weighted by molar-refractivity contribution is 7.13. The fourth-order valence-corrected chi connectivity index (χ4v) is 5.05. The lowest BCUT2D eigenvalue weighted by atomic mass is 9.95. The summed E-state index contributed by atoms with van der Waals surface area (Å²) in [6.07, 6.45) is 2.51. The van der Waals surface area contributed by atoms with E-state index in [2.05, 4.69) is 39.4 Å². The number of rotatable bonds is 5. The van der Waals surface area contributed by atoms with Crippen molar-refractivity contribution in [2.45, 2.75) is 25.4 Å². The number of aromatic nitrogens is 1. The molecule has 27 heavy (non-hydrogen) atoms. The molecule has 3 saturated heterocycles. The zero-order valence-electron chi connectivity index (χ0n) is 16.2. The van der Waals surface area contributed by atoms with Crippen LogP contribution < -0.4 is 0 Å². The lowest BCUT2D eigenvalue weighted by Crippen LogP contribution is -2.44. The van der Waals surface area contributed by atoms with Gasteiger partial charge in [0, 0.05) is 57.3 Å². The Bertz CT molecular complexity index is 775. The van der Waals surface area contributed by atoms with E-state index in [4.69, 9.17) is 4.98 Å². The minimum atomic E-state index is 0.204. The molecule has 0 aliphatic carbocycles. The number of nitrogens with zero attached hydrogens (tertiary/aromatic N) is 4. The molecule has 3 aliphatic heterocycles. The predicted octanol–water partition coefficient (Wildman–Crippen LogP) is 2.79. The first-order chi connectivity index (χ1) is 13.1. The second-order valence-electron chi connectivity index (χ2n) is 8.02. The predicted molar refractivity (Wildman–Crippen MR) is 110 cm³/mol. The number of thiazole rings is 1. The van der Waals surface area contributed by atoms with Crippen LogP contribution in [0.4, 0.5) is 0 Å². The number of hydrogen-bond donors (Lipinski definition) is 0. The summed E-state index contributed by atoms with van der Waals surface area (Å²) >= 11 is 1.73. The second-order valence-corrected chi connectivity index (χ2v) is 8.88. The third-order valence-electron chi connectivity index (χ3n) is 5.70. The average Bonchev–Trinajstić information content (AvgIpc) is 2.96. The van der Waals surface area contributed by atoms with Crippen LogP contribution in [-0.2, 0) is 11.3 Å². The number of fused-ring (bicyclic) bond motifs is 4. The Balaban J connectivity index is 1.42. The SMILES string of the molecule is CN(C)C(=O)CN1C[C@H]2CC[C@@H](C1)N(Cc1csc(-c3ccccc3)n1)C2. The summed E-state index contributed by atoms with van der Waals surface area (Å²) in [5, 5.41) is 3.30. The summed E-state index contributed by atoms with van der Waals surface area (Å²) in [6.45, 7) is 4.61. The number of likely N-dealkylation sites (N-methyl/N-ethyl adjacent to an activating group) is 1. The Labute approximate surface area is 165 Å². The maximum atomic E-state index is 12.1. The zero-order valence-corrected chi connectivity index (χ0v) is 17.0. The summed E-state index contributed by atoms with van der Waals surface area (Å²) in [4.78, 5) is 23.7. The van der Waals surface area contributed by atoms with Crippen LogP contribution in [0.15, 0.2) is 35.7 Å². The van der Waals surface area contributed by atoms with E-state index in [1.54, 1.807) is 16.2 Å². The van der Waals surface area contributed by atoms with Gasteiger partial charge in [-0.25, -0.2) is 4.98 Å². The molecule has 0 N–H and O–H groups in total. The molecule has 3 fully saturated rings. The second kappa shape index (κ2) is 8.09. The van der Waals surface area contributed by atoms with Crippen molar-refractivity contribution in [3.63, 3.8) is 0 Å². The normalized spacial score (nSPS) is 23.3. The molecule has 1 aromatic heterocycles. The first-order valence-electron chi connectivity index (χ1n) is 9.75. The van der Waals surface area contributed by atoms with E-state index in [9.17, 15) is 4.79 Å². The van der Waals surface area contributed by atoms with Gasteiger partial charge in [0.25, 0.3) is 0 Å². The minimum Gasteiger partial charge on any atom is -0.348 e. The number of carbonyl (C=O) groups is 1. The first kappa shape index (κ1) is 18.6. The molecule has 4 heterocycles. The van der Waals surface area contributed by atoms with E-state index in [-0.39, 0.29) is 5.91 Å². The zero-order chi connectivity index (χ0) is 18.8. The lowest BCUT2D eigenvalue weighted by molar-refractivity contribution is -0.130. The van der Waals surface area contributed by atoms with Crippen LogP contribution in [0.3, 0.4) is 0 Å². The Morgan fingerprint density at radius 2 is 2.00 bits per heavy atom. The molecule has 0 saturated carbocycles. The highest BCUT2D eigenvalue weighted by Gasteiger charge is 2.35. The fraction of sp³-hybridized carbons (Fsp3) is 0.524. The van der Waals surface area contributed by atoms with Gasteiger partial charge < -0.3 is 4.90 Å². The van der Waals surface area contributed by atoms with Crippen molar-refractivity contribution < 1.29 is 4.79 Å². The maximum absolute atomic E-state index is 12.1. The van der Waals surface area contributed by atoms with Crippen molar-refractivity contribution in [2.75, 3.05) is 40.3 Å². The van der Waals surface area contributed by atoms with Crippen molar-refractivity contribution in [3.05, 3.63) is 41.4 Å². The number of piperidine rings is 1. The summed E-state index contributed by atoms with van der Waals surface area (Å²) in [6, 6.07) is 10.9. The van der Waals surface area contributed by atoms with Crippen molar-refractivity contribution in [2.24, 2.45) is 5.92 Å². The molecule has 144 valence electrons. The van der Waals surface area contributed by atoms with Crippen LogP contribution in [0, 0.1) is 5.92 Å².